The summed E-state index contributed by atoms with van der Waals surface area (Å²) in [4.78, 5) is 0. The van der Waals surface area contributed by atoms with E-state index in [2.05, 4.69) is 10.2 Å². The Morgan fingerprint density at radius 1 is 1.10 bits per heavy atom. The van der Waals surface area contributed by atoms with E-state index < -0.39 is 11.6 Å². The first kappa shape index (κ1) is 13.4. The van der Waals surface area contributed by atoms with Gasteiger partial charge in [0.1, 0.15) is 23.2 Å². The van der Waals surface area contributed by atoms with E-state index in [0.29, 0.717) is 22.6 Å². The lowest BCUT2D eigenvalue weighted by molar-refractivity contribution is 0.505. The fourth-order valence-corrected chi connectivity index (χ4v) is 2.42. The van der Waals surface area contributed by atoms with Gasteiger partial charge >= 0.3 is 0 Å². The Morgan fingerprint density at radius 2 is 1.76 bits per heavy atom. The first-order chi connectivity index (χ1) is 9.95. The highest BCUT2D eigenvalue weighted by molar-refractivity contribution is 5.88. The Hall–Kier alpha value is -2.63. The molecule has 0 radical (unpaired) electrons. The third kappa shape index (κ3) is 2.29. The standard InChI is InChI=1S/C15H13F2N3O/c1-7-3-12(8(2)21-7)14-13(15(18)20-19-14)9-4-10(16)6-11(17)5-9/h3-6H,1-2H3,(H3,18,19,20). The molecule has 6 heteroatoms. The van der Waals surface area contributed by atoms with Crippen LogP contribution in [0.15, 0.2) is 28.7 Å². The quantitative estimate of drug-likeness (QED) is 0.753. The van der Waals surface area contributed by atoms with Crippen molar-refractivity contribution in [2.75, 3.05) is 5.73 Å². The second-order valence-corrected chi connectivity index (χ2v) is 4.84. The van der Waals surface area contributed by atoms with Crippen LogP contribution < -0.4 is 5.73 Å². The zero-order chi connectivity index (χ0) is 15.1. The maximum absolute atomic E-state index is 13.4. The molecule has 0 unspecified atom stereocenters. The van der Waals surface area contributed by atoms with Gasteiger partial charge in [-0.3, -0.25) is 5.10 Å². The summed E-state index contributed by atoms with van der Waals surface area (Å²) in [6.45, 7) is 3.62. The Kier molecular flexibility index (Phi) is 3.01. The second-order valence-electron chi connectivity index (χ2n) is 4.84. The molecule has 0 bridgehead atoms. The number of aromatic amines is 1. The highest BCUT2D eigenvalue weighted by Gasteiger charge is 2.19. The van der Waals surface area contributed by atoms with Crippen LogP contribution in [0.4, 0.5) is 14.6 Å². The first-order valence-corrected chi connectivity index (χ1v) is 6.33. The minimum absolute atomic E-state index is 0.174. The summed E-state index contributed by atoms with van der Waals surface area (Å²) in [6.07, 6.45) is 0. The molecule has 4 nitrogen and oxygen atoms in total. The highest BCUT2D eigenvalue weighted by atomic mass is 19.1. The van der Waals surface area contributed by atoms with Crippen LogP contribution in [0.25, 0.3) is 22.4 Å². The number of nitrogens with one attached hydrogen (secondary N) is 1. The van der Waals surface area contributed by atoms with Gasteiger partial charge in [-0.05, 0) is 37.6 Å². The summed E-state index contributed by atoms with van der Waals surface area (Å²) < 4.78 is 32.4. The molecule has 0 aliphatic heterocycles. The number of H-pyrrole nitrogens is 1. The Bertz CT molecular complexity index is 800. The molecule has 0 fully saturated rings. The molecular weight excluding hydrogens is 276 g/mol. The second kappa shape index (κ2) is 4.73. The number of aromatic nitrogens is 2. The van der Waals surface area contributed by atoms with Crippen molar-refractivity contribution >= 4 is 5.82 Å². The summed E-state index contributed by atoms with van der Waals surface area (Å²) in [5.41, 5.74) is 7.97. The molecule has 0 saturated heterocycles. The normalized spacial score (nSPS) is 11.0. The molecule has 2 aromatic heterocycles. The predicted molar refractivity (Wildman–Crippen MR) is 75.5 cm³/mol. The molecule has 0 aliphatic rings. The topological polar surface area (TPSA) is 67.8 Å². The lowest BCUT2D eigenvalue weighted by Crippen LogP contribution is -1.91. The summed E-state index contributed by atoms with van der Waals surface area (Å²) >= 11 is 0. The monoisotopic (exact) mass is 289 g/mol. The number of furan rings is 1. The van der Waals surface area contributed by atoms with Gasteiger partial charge in [-0.1, -0.05) is 0 Å². The number of nitrogens with zero attached hydrogens (tertiary/aromatic N) is 1. The van der Waals surface area contributed by atoms with Gasteiger partial charge in [0.2, 0.25) is 0 Å². The maximum atomic E-state index is 13.4. The zero-order valence-corrected chi connectivity index (χ0v) is 11.5. The molecule has 0 amide bonds. The average molecular weight is 289 g/mol. The van der Waals surface area contributed by atoms with Crippen LogP contribution in [0.2, 0.25) is 0 Å². The fourth-order valence-electron chi connectivity index (χ4n) is 2.42. The fraction of sp³-hybridized carbons (Fsp3) is 0.133. The molecule has 108 valence electrons. The zero-order valence-electron chi connectivity index (χ0n) is 11.5. The van der Waals surface area contributed by atoms with E-state index in [4.69, 9.17) is 10.2 Å². The summed E-state index contributed by atoms with van der Waals surface area (Å²) in [5.74, 6) is 0.239. The molecule has 0 atom stereocenters. The number of aryl methyl sites for hydroxylation is 2. The molecule has 3 N–H and O–H groups in total. The van der Waals surface area contributed by atoms with Crippen molar-refractivity contribution < 1.29 is 13.2 Å². The van der Waals surface area contributed by atoms with E-state index in [9.17, 15) is 8.78 Å². The van der Waals surface area contributed by atoms with E-state index in [1.54, 1.807) is 6.92 Å². The SMILES string of the molecule is Cc1cc(-c2[nH]nc(N)c2-c2cc(F)cc(F)c2)c(C)o1. The molecule has 3 aromatic rings. The van der Waals surface area contributed by atoms with Crippen LogP contribution in [-0.4, -0.2) is 10.2 Å². The smallest absolute Gasteiger partial charge is 0.153 e. The number of hydrogen-bond donors (Lipinski definition) is 2. The van der Waals surface area contributed by atoms with Gasteiger partial charge in [0, 0.05) is 11.6 Å². The number of benzene rings is 1. The number of hydrogen-bond acceptors (Lipinski definition) is 3. The largest absolute Gasteiger partial charge is 0.466 e. The van der Waals surface area contributed by atoms with Crippen molar-refractivity contribution in [3.63, 3.8) is 0 Å². The Labute approximate surface area is 119 Å². The minimum Gasteiger partial charge on any atom is -0.466 e. The first-order valence-electron chi connectivity index (χ1n) is 6.33. The van der Waals surface area contributed by atoms with Crippen molar-refractivity contribution in [3.8, 4) is 22.4 Å². The summed E-state index contributed by atoms with van der Waals surface area (Å²) in [6, 6.07) is 5.07. The van der Waals surface area contributed by atoms with Crippen molar-refractivity contribution in [2.45, 2.75) is 13.8 Å². The van der Waals surface area contributed by atoms with Crippen molar-refractivity contribution in [1.29, 1.82) is 0 Å². The van der Waals surface area contributed by atoms with Gasteiger partial charge in [-0.2, -0.15) is 5.10 Å². The molecular formula is C15H13F2N3O. The van der Waals surface area contributed by atoms with E-state index in [1.165, 1.54) is 12.1 Å². The van der Waals surface area contributed by atoms with Crippen LogP contribution in [0.5, 0.6) is 0 Å². The van der Waals surface area contributed by atoms with Gasteiger partial charge in [-0.15, -0.1) is 0 Å². The van der Waals surface area contributed by atoms with Crippen molar-refractivity contribution in [1.82, 2.24) is 10.2 Å². The Balaban J connectivity index is 2.24. The van der Waals surface area contributed by atoms with Crippen LogP contribution in [0, 0.1) is 25.5 Å². The van der Waals surface area contributed by atoms with Gasteiger partial charge in [0.25, 0.3) is 0 Å². The number of halogens is 2. The summed E-state index contributed by atoms with van der Waals surface area (Å²) in [5, 5.41) is 6.75. The average Bonchev–Trinajstić information content (AvgIpc) is 2.90. The van der Waals surface area contributed by atoms with Gasteiger partial charge in [-0.25, -0.2) is 8.78 Å². The predicted octanol–water partition coefficient (Wildman–Crippen LogP) is 3.81. The number of nitrogens with two attached hydrogens (primary N) is 1. The maximum Gasteiger partial charge on any atom is 0.153 e. The third-order valence-corrected chi connectivity index (χ3v) is 3.26. The van der Waals surface area contributed by atoms with Gasteiger partial charge < -0.3 is 10.2 Å². The molecule has 0 aliphatic carbocycles. The molecule has 1 aromatic carbocycles. The summed E-state index contributed by atoms with van der Waals surface area (Å²) in [7, 11) is 0. The number of anilines is 1. The molecule has 0 spiro atoms. The van der Waals surface area contributed by atoms with Crippen LogP contribution >= 0.6 is 0 Å². The van der Waals surface area contributed by atoms with Crippen molar-refractivity contribution in [3.05, 3.63) is 47.4 Å². The lowest BCUT2D eigenvalue weighted by atomic mass is 10.0. The Morgan fingerprint density at radius 3 is 2.33 bits per heavy atom. The molecule has 2 heterocycles. The number of nitrogen functional groups attached to an aromatic ring is 1. The third-order valence-electron chi connectivity index (χ3n) is 3.26. The molecule has 21 heavy (non-hydrogen) atoms. The van der Waals surface area contributed by atoms with E-state index in [-0.39, 0.29) is 5.82 Å². The minimum atomic E-state index is -0.670. The number of rotatable bonds is 2. The van der Waals surface area contributed by atoms with Crippen molar-refractivity contribution in [2.24, 2.45) is 0 Å². The van der Waals surface area contributed by atoms with Gasteiger partial charge in [0.05, 0.1) is 11.3 Å². The van der Waals surface area contributed by atoms with E-state index >= 15 is 0 Å². The van der Waals surface area contributed by atoms with Gasteiger partial charge in [0.15, 0.2) is 5.82 Å². The van der Waals surface area contributed by atoms with E-state index in [1.807, 2.05) is 13.0 Å². The van der Waals surface area contributed by atoms with Crippen LogP contribution in [0.3, 0.4) is 0 Å². The molecule has 0 saturated carbocycles. The molecule has 3 rings (SSSR count). The lowest BCUT2D eigenvalue weighted by Gasteiger charge is -2.04. The highest BCUT2D eigenvalue weighted by Crippen LogP contribution is 2.37. The van der Waals surface area contributed by atoms with Crippen LogP contribution in [0.1, 0.15) is 11.5 Å². The van der Waals surface area contributed by atoms with Crippen LogP contribution in [-0.2, 0) is 0 Å². The van der Waals surface area contributed by atoms with E-state index in [0.717, 1.165) is 17.4 Å².